The Kier molecular flexibility index (Phi) is 6.93. The van der Waals surface area contributed by atoms with E-state index in [1.54, 1.807) is 69.6 Å². The van der Waals surface area contributed by atoms with Gasteiger partial charge in [0.05, 0.1) is 17.7 Å². The number of carbonyl (C=O) groups is 3. The van der Waals surface area contributed by atoms with Crippen LogP contribution >= 0.6 is 0 Å². The zero-order chi connectivity index (χ0) is 19.8. The topological polar surface area (TPSA) is 84.9 Å². The number of benzene rings is 2. The maximum Gasteiger partial charge on any atom is 0.338 e. The van der Waals surface area contributed by atoms with Crippen LogP contribution in [-0.4, -0.2) is 50.0 Å². The number of ether oxygens (including phenoxy) is 2. The number of hydrogen-bond donors (Lipinski definition) is 1. The minimum Gasteiger partial charge on any atom is -0.483 e. The van der Waals surface area contributed by atoms with E-state index in [0.717, 1.165) is 0 Å². The summed E-state index contributed by atoms with van der Waals surface area (Å²) >= 11 is 0. The van der Waals surface area contributed by atoms with Crippen LogP contribution in [0.4, 0.5) is 5.69 Å². The van der Waals surface area contributed by atoms with E-state index in [-0.39, 0.29) is 18.4 Å². The van der Waals surface area contributed by atoms with Gasteiger partial charge in [0.15, 0.2) is 6.61 Å². The number of anilines is 1. The molecule has 0 aliphatic heterocycles. The van der Waals surface area contributed by atoms with Crippen molar-refractivity contribution in [2.45, 2.75) is 6.92 Å². The lowest BCUT2D eigenvalue weighted by Crippen LogP contribution is -2.28. The third-order valence-corrected chi connectivity index (χ3v) is 3.64. The molecule has 0 aliphatic carbocycles. The lowest BCUT2D eigenvalue weighted by molar-refractivity contribution is -0.130. The normalized spacial score (nSPS) is 10.0. The fourth-order valence-electron chi connectivity index (χ4n) is 2.15. The minimum atomic E-state index is -0.417. The van der Waals surface area contributed by atoms with Crippen molar-refractivity contribution in [1.82, 2.24) is 4.90 Å². The average Bonchev–Trinajstić information content (AvgIpc) is 2.66. The van der Waals surface area contributed by atoms with Gasteiger partial charge in [-0.05, 0) is 43.3 Å². The van der Waals surface area contributed by atoms with Gasteiger partial charge >= 0.3 is 5.97 Å². The Morgan fingerprint density at radius 2 is 1.67 bits per heavy atom. The van der Waals surface area contributed by atoms with E-state index in [2.05, 4.69) is 5.32 Å². The van der Waals surface area contributed by atoms with Crippen molar-refractivity contribution in [2.75, 3.05) is 32.6 Å². The highest BCUT2D eigenvalue weighted by Gasteiger charge is 2.14. The first kappa shape index (κ1) is 20.0. The van der Waals surface area contributed by atoms with Crippen LogP contribution in [0, 0.1) is 0 Å². The average molecular weight is 370 g/mol. The van der Waals surface area contributed by atoms with Crippen LogP contribution in [-0.2, 0) is 9.53 Å². The summed E-state index contributed by atoms with van der Waals surface area (Å²) in [6.07, 6.45) is 0. The molecule has 142 valence electrons. The Morgan fingerprint density at radius 3 is 2.30 bits per heavy atom. The van der Waals surface area contributed by atoms with Gasteiger partial charge in [-0.1, -0.05) is 12.1 Å². The van der Waals surface area contributed by atoms with E-state index >= 15 is 0 Å². The van der Waals surface area contributed by atoms with E-state index in [9.17, 15) is 14.4 Å². The smallest absolute Gasteiger partial charge is 0.338 e. The molecular formula is C20H22N2O5. The maximum absolute atomic E-state index is 12.6. The highest BCUT2D eigenvalue weighted by Crippen LogP contribution is 2.20. The van der Waals surface area contributed by atoms with E-state index in [0.29, 0.717) is 29.2 Å². The van der Waals surface area contributed by atoms with Crippen molar-refractivity contribution in [3.05, 3.63) is 59.7 Å². The first-order valence-corrected chi connectivity index (χ1v) is 8.43. The molecule has 0 unspecified atom stereocenters. The number of para-hydroxylation sites is 1. The number of esters is 1. The predicted octanol–water partition coefficient (Wildman–Crippen LogP) is 2.58. The van der Waals surface area contributed by atoms with Crippen molar-refractivity contribution >= 4 is 23.5 Å². The Bertz CT molecular complexity index is 815. The number of amides is 2. The lowest BCUT2D eigenvalue weighted by atomic mass is 10.1. The first-order valence-electron chi connectivity index (χ1n) is 8.43. The molecule has 0 saturated heterocycles. The van der Waals surface area contributed by atoms with Gasteiger partial charge in [-0.3, -0.25) is 9.59 Å². The first-order chi connectivity index (χ1) is 12.9. The molecule has 0 heterocycles. The highest BCUT2D eigenvalue weighted by atomic mass is 16.5. The van der Waals surface area contributed by atoms with Crippen LogP contribution in [0.25, 0.3) is 0 Å². The molecule has 0 bridgehead atoms. The summed E-state index contributed by atoms with van der Waals surface area (Å²) in [6, 6.07) is 13.0. The zero-order valence-electron chi connectivity index (χ0n) is 15.5. The molecule has 0 aromatic heterocycles. The van der Waals surface area contributed by atoms with Crippen LogP contribution in [0.3, 0.4) is 0 Å². The molecule has 1 N–H and O–H groups in total. The molecule has 7 nitrogen and oxygen atoms in total. The fraction of sp³-hybridized carbons (Fsp3) is 0.250. The van der Waals surface area contributed by atoms with Gasteiger partial charge in [0.25, 0.3) is 11.8 Å². The predicted molar refractivity (Wildman–Crippen MR) is 101 cm³/mol. The number of hydrogen-bond acceptors (Lipinski definition) is 5. The third-order valence-electron chi connectivity index (χ3n) is 3.64. The van der Waals surface area contributed by atoms with E-state index in [1.807, 2.05) is 0 Å². The van der Waals surface area contributed by atoms with Gasteiger partial charge in [0.2, 0.25) is 0 Å². The highest BCUT2D eigenvalue weighted by molar-refractivity contribution is 6.06. The molecule has 0 saturated carbocycles. The van der Waals surface area contributed by atoms with Crippen LogP contribution in [0.5, 0.6) is 5.75 Å². The lowest BCUT2D eigenvalue weighted by Gasteiger charge is -2.14. The molecule has 0 aliphatic rings. The van der Waals surface area contributed by atoms with E-state index < -0.39 is 5.97 Å². The second-order valence-electron chi connectivity index (χ2n) is 5.82. The number of nitrogens with one attached hydrogen (secondary N) is 1. The molecule has 2 rings (SSSR count). The molecule has 0 spiro atoms. The van der Waals surface area contributed by atoms with Gasteiger partial charge in [-0.15, -0.1) is 0 Å². The fourth-order valence-corrected chi connectivity index (χ4v) is 2.15. The number of rotatable bonds is 7. The largest absolute Gasteiger partial charge is 0.483 e. The summed E-state index contributed by atoms with van der Waals surface area (Å²) < 4.78 is 10.4. The Hall–Kier alpha value is -3.35. The maximum atomic E-state index is 12.6. The molecule has 0 radical (unpaired) electrons. The van der Waals surface area contributed by atoms with Gasteiger partial charge in [0.1, 0.15) is 5.75 Å². The molecule has 2 aromatic rings. The minimum absolute atomic E-state index is 0.161. The van der Waals surface area contributed by atoms with Crippen LogP contribution in [0.15, 0.2) is 48.5 Å². The summed E-state index contributed by atoms with van der Waals surface area (Å²) in [7, 11) is 3.26. The number of nitrogens with zero attached hydrogens (tertiary/aromatic N) is 1. The quantitative estimate of drug-likeness (QED) is 0.757. The van der Waals surface area contributed by atoms with Gasteiger partial charge in [0, 0.05) is 19.8 Å². The van der Waals surface area contributed by atoms with Gasteiger partial charge in [-0.25, -0.2) is 4.79 Å². The van der Waals surface area contributed by atoms with Crippen molar-refractivity contribution < 1.29 is 23.9 Å². The van der Waals surface area contributed by atoms with Crippen LogP contribution in [0.1, 0.15) is 27.6 Å². The summed E-state index contributed by atoms with van der Waals surface area (Å²) in [4.78, 5) is 37.3. The standard InChI is InChI=1S/C20H22N2O5/c1-4-26-20(25)14-9-11-15(12-10-14)21-19(24)16-7-5-6-8-17(16)27-13-18(23)22(2)3/h5-12H,4,13H2,1-3H3,(H,21,24). The van der Waals surface area contributed by atoms with Gasteiger partial charge in [-0.2, -0.15) is 0 Å². The molecule has 7 heteroatoms. The van der Waals surface area contributed by atoms with E-state index in [4.69, 9.17) is 9.47 Å². The molecular weight excluding hydrogens is 348 g/mol. The summed E-state index contributed by atoms with van der Waals surface area (Å²) in [5.41, 5.74) is 1.23. The van der Waals surface area contributed by atoms with Crippen molar-refractivity contribution in [3.63, 3.8) is 0 Å². The molecule has 2 amide bonds. The number of likely N-dealkylation sites (N-methyl/N-ethyl adjacent to an activating group) is 1. The summed E-state index contributed by atoms with van der Waals surface area (Å²) in [6.45, 7) is 1.87. The zero-order valence-corrected chi connectivity index (χ0v) is 15.5. The molecule has 27 heavy (non-hydrogen) atoms. The Morgan fingerprint density at radius 1 is 1.00 bits per heavy atom. The van der Waals surface area contributed by atoms with Crippen molar-refractivity contribution in [1.29, 1.82) is 0 Å². The Balaban J connectivity index is 2.07. The van der Waals surface area contributed by atoms with E-state index in [1.165, 1.54) is 4.90 Å². The summed E-state index contributed by atoms with van der Waals surface area (Å²) in [5, 5.41) is 2.74. The Labute approximate surface area is 157 Å². The number of carbonyl (C=O) groups excluding carboxylic acids is 3. The second kappa shape index (κ2) is 9.38. The third kappa shape index (κ3) is 5.57. The van der Waals surface area contributed by atoms with Crippen molar-refractivity contribution in [3.8, 4) is 5.75 Å². The van der Waals surface area contributed by atoms with Crippen molar-refractivity contribution in [2.24, 2.45) is 0 Å². The van der Waals surface area contributed by atoms with Crippen LogP contribution in [0.2, 0.25) is 0 Å². The molecule has 0 atom stereocenters. The monoisotopic (exact) mass is 370 g/mol. The SMILES string of the molecule is CCOC(=O)c1ccc(NC(=O)c2ccccc2OCC(=O)N(C)C)cc1. The summed E-state index contributed by atoms with van der Waals surface area (Å²) in [5.74, 6) is -0.695. The molecule has 0 fully saturated rings. The second-order valence-corrected chi connectivity index (χ2v) is 5.82. The molecule has 2 aromatic carbocycles. The van der Waals surface area contributed by atoms with Crippen LogP contribution < -0.4 is 10.1 Å². The van der Waals surface area contributed by atoms with Gasteiger partial charge < -0.3 is 19.7 Å².